The van der Waals surface area contributed by atoms with Gasteiger partial charge in [-0.25, -0.2) is 0 Å². The topological polar surface area (TPSA) is 30.5 Å². The van der Waals surface area contributed by atoms with Crippen molar-refractivity contribution in [1.82, 2.24) is 5.32 Å². The molecule has 0 radical (unpaired) electrons. The Kier molecular flexibility index (Phi) is 7.39. The number of anilines is 3. The van der Waals surface area contributed by atoms with Crippen molar-refractivity contribution >= 4 is 42.6 Å². The largest absolute Gasteiger partial charge is 0.362 e. The van der Waals surface area contributed by atoms with Crippen molar-refractivity contribution in [1.29, 1.82) is 0 Å². The Morgan fingerprint density at radius 1 is 0.839 bits per heavy atom. The summed E-state index contributed by atoms with van der Waals surface area (Å²) in [5.74, 6) is 0. The zero-order chi connectivity index (χ0) is 21.5. The Morgan fingerprint density at radius 2 is 1.39 bits per heavy atom. The van der Waals surface area contributed by atoms with Gasteiger partial charge in [0.15, 0.2) is 5.11 Å². The molecule has 3 aromatic carbocycles. The van der Waals surface area contributed by atoms with Gasteiger partial charge < -0.3 is 20.0 Å². The van der Waals surface area contributed by atoms with Gasteiger partial charge in [0, 0.05) is 42.9 Å². The van der Waals surface area contributed by atoms with E-state index in [2.05, 4.69) is 112 Å². The lowest BCUT2D eigenvalue weighted by Gasteiger charge is -2.32. The van der Waals surface area contributed by atoms with Crippen LogP contribution >= 0.6 is 20.4 Å². The van der Waals surface area contributed by atoms with Gasteiger partial charge in [-0.1, -0.05) is 54.1 Å². The summed E-state index contributed by atoms with van der Waals surface area (Å²) in [6.07, 6.45) is 2.19. The summed E-state index contributed by atoms with van der Waals surface area (Å²) in [5.41, 5.74) is 4.90. The molecule has 0 saturated carbocycles. The van der Waals surface area contributed by atoms with E-state index in [1.165, 1.54) is 16.9 Å². The van der Waals surface area contributed by atoms with Crippen molar-refractivity contribution in [2.75, 3.05) is 40.5 Å². The van der Waals surface area contributed by atoms with Gasteiger partial charge in [-0.2, -0.15) is 0 Å². The molecule has 31 heavy (non-hydrogen) atoms. The van der Waals surface area contributed by atoms with Crippen molar-refractivity contribution in [2.24, 2.45) is 0 Å². The number of nitrogens with one attached hydrogen (secondary N) is 2. The fourth-order valence-corrected chi connectivity index (χ4v) is 6.60. The third-order valence-electron chi connectivity index (χ3n) is 5.32. The predicted molar refractivity (Wildman–Crippen MR) is 139 cm³/mol. The van der Waals surface area contributed by atoms with Gasteiger partial charge in [0.05, 0.1) is 8.22 Å². The second-order valence-corrected chi connectivity index (χ2v) is 10.2. The number of benzene rings is 3. The minimum atomic E-state index is -0.444. The average Bonchev–Trinajstić information content (AvgIpc) is 3.23. The van der Waals surface area contributed by atoms with E-state index in [-0.39, 0.29) is 0 Å². The fourth-order valence-electron chi connectivity index (χ4n) is 3.75. The minimum Gasteiger partial charge on any atom is -0.362 e. The van der Waals surface area contributed by atoms with E-state index < -0.39 is 8.22 Å². The molecule has 2 N–H and O–H groups in total. The molecule has 0 amide bonds. The summed E-state index contributed by atoms with van der Waals surface area (Å²) in [6, 6.07) is 29.9. The van der Waals surface area contributed by atoms with E-state index in [1.807, 2.05) is 0 Å². The third-order valence-corrected chi connectivity index (χ3v) is 8.26. The number of nitrogens with zero attached hydrogens (tertiary/aromatic N) is 2. The van der Waals surface area contributed by atoms with E-state index in [0.717, 1.165) is 37.9 Å². The van der Waals surface area contributed by atoms with Crippen LogP contribution in [0.3, 0.4) is 0 Å². The van der Waals surface area contributed by atoms with Crippen molar-refractivity contribution < 1.29 is 0 Å². The van der Waals surface area contributed by atoms with Gasteiger partial charge >= 0.3 is 0 Å². The molecule has 0 aromatic heterocycles. The molecule has 1 fully saturated rings. The standard InChI is InChI=1S/C25H29N4PS/c1-21-13-15-22(16-14-21)27-25(31)26-17-8-20-30-28(23-9-4-2-5-10-23)18-19-29(30)24-11-6-3-7-12-24/h2-7,9-16H,8,17-20H2,1H3,(H2,26,27,31). The van der Waals surface area contributed by atoms with Gasteiger partial charge in [0.1, 0.15) is 0 Å². The zero-order valence-corrected chi connectivity index (χ0v) is 19.6. The maximum absolute atomic E-state index is 5.48. The summed E-state index contributed by atoms with van der Waals surface area (Å²) < 4.78 is 5.18. The van der Waals surface area contributed by atoms with Gasteiger partial charge in [-0.15, -0.1) is 0 Å². The highest BCUT2D eigenvalue weighted by molar-refractivity contribution is 7.80. The van der Waals surface area contributed by atoms with Crippen LogP contribution in [0, 0.1) is 6.92 Å². The quantitative estimate of drug-likeness (QED) is 0.263. The van der Waals surface area contributed by atoms with Crippen molar-refractivity contribution in [3.63, 3.8) is 0 Å². The highest BCUT2D eigenvalue weighted by atomic mass is 32.1. The van der Waals surface area contributed by atoms with E-state index >= 15 is 0 Å². The molecule has 6 heteroatoms. The molecule has 4 nitrogen and oxygen atoms in total. The molecule has 1 aliphatic rings. The van der Waals surface area contributed by atoms with Crippen LogP contribution in [0.25, 0.3) is 0 Å². The molecule has 3 aromatic rings. The van der Waals surface area contributed by atoms with Crippen LogP contribution in [0.15, 0.2) is 84.9 Å². The smallest absolute Gasteiger partial charge is 0.170 e. The van der Waals surface area contributed by atoms with E-state index in [0.29, 0.717) is 5.11 Å². The molecule has 160 valence electrons. The lowest BCUT2D eigenvalue weighted by Crippen LogP contribution is -2.30. The van der Waals surface area contributed by atoms with Crippen LogP contribution < -0.4 is 20.0 Å². The number of hydrogen-bond acceptors (Lipinski definition) is 3. The molecular formula is C25H29N4PS. The third kappa shape index (κ3) is 5.75. The lowest BCUT2D eigenvalue weighted by atomic mass is 10.2. The number of para-hydroxylation sites is 2. The first-order valence-corrected chi connectivity index (χ1v) is 12.6. The molecule has 1 aliphatic heterocycles. The molecule has 0 unspecified atom stereocenters. The summed E-state index contributed by atoms with van der Waals surface area (Å²) >= 11 is 5.48. The molecule has 1 saturated heterocycles. The number of thiocarbonyl (C=S) groups is 1. The number of rotatable bonds is 7. The summed E-state index contributed by atoms with van der Waals surface area (Å²) in [4.78, 5) is 0. The number of hydrogen-bond donors (Lipinski definition) is 2. The van der Waals surface area contributed by atoms with E-state index in [9.17, 15) is 0 Å². The zero-order valence-electron chi connectivity index (χ0n) is 17.9. The summed E-state index contributed by atoms with van der Waals surface area (Å²) in [7, 11) is -0.444. The molecule has 0 bridgehead atoms. The van der Waals surface area contributed by atoms with Crippen molar-refractivity contribution in [2.45, 2.75) is 13.3 Å². The normalized spacial score (nSPS) is 14.0. The van der Waals surface area contributed by atoms with E-state index in [4.69, 9.17) is 12.2 Å². The number of aryl methyl sites for hydroxylation is 1. The second-order valence-electron chi connectivity index (χ2n) is 7.61. The SMILES string of the molecule is Cc1ccc(NC(=S)NCCCP2N(c3ccccc3)CCN2c2ccccc2)cc1. The summed E-state index contributed by atoms with van der Waals surface area (Å²) in [6.45, 7) is 5.07. The van der Waals surface area contributed by atoms with Crippen molar-refractivity contribution in [3.05, 3.63) is 90.5 Å². The van der Waals surface area contributed by atoms with Gasteiger partial charge in [-0.05, 0) is 62.0 Å². The van der Waals surface area contributed by atoms with Gasteiger partial charge in [0.2, 0.25) is 0 Å². The first-order valence-electron chi connectivity index (χ1n) is 10.7. The average molecular weight is 449 g/mol. The fraction of sp³-hybridized carbons (Fsp3) is 0.240. The molecule has 0 spiro atoms. The second kappa shape index (κ2) is 10.6. The minimum absolute atomic E-state index is 0.444. The van der Waals surface area contributed by atoms with Crippen LogP contribution in [0.2, 0.25) is 0 Å². The molecule has 4 rings (SSSR count). The van der Waals surface area contributed by atoms with Crippen LogP contribution in [0.5, 0.6) is 0 Å². The summed E-state index contributed by atoms with van der Waals surface area (Å²) in [5, 5.41) is 7.33. The Balaban J connectivity index is 1.35. The molecule has 0 atom stereocenters. The molecule has 0 aliphatic carbocycles. The first-order chi connectivity index (χ1) is 15.2. The predicted octanol–water partition coefficient (Wildman–Crippen LogP) is 6.01. The Morgan fingerprint density at radius 3 is 1.94 bits per heavy atom. The van der Waals surface area contributed by atoms with Crippen LogP contribution in [-0.4, -0.2) is 30.9 Å². The van der Waals surface area contributed by atoms with Crippen LogP contribution in [0.4, 0.5) is 17.1 Å². The highest BCUT2D eigenvalue weighted by Crippen LogP contribution is 2.53. The van der Waals surface area contributed by atoms with Crippen molar-refractivity contribution in [3.8, 4) is 0 Å². The Labute approximate surface area is 192 Å². The monoisotopic (exact) mass is 448 g/mol. The maximum atomic E-state index is 5.48. The first kappa shape index (κ1) is 21.6. The highest BCUT2D eigenvalue weighted by Gasteiger charge is 2.32. The molecule has 1 heterocycles. The van der Waals surface area contributed by atoms with Crippen LogP contribution in [-0.2, 0) is 0 Å². The van der Waals surface area contributed by atoms with E-state index in [1.54, 1.807) is 0 Å². The van der Waals surface area contributed by atoms with Gasteiger partial charge in [0.25, 0.3) is 0 Å². The van der Waals surface area contributed by atoms with Gasteiger partial charge in [-0.3, -0.25) is 0 Å². The van der Waals surface area contributed by atoms with Crippen LogP contribution in [0.1, 0.15) is 12.0 Å². The maximum Gasteiger partial charge on any atom is 0.170 e. The Bertz CT molecular complexity index is 918. The lowest BCUT2D eigenvalue weighted by molar-refractivity contribution is 0.849. The Hall–Kier alpha value is -2.62. The molecular weight excluding hydrogens is 419 g/mol.